The number of rotatable bonds is 10. The molecule has 0 unspecified atom stereocenters. The lowest BCUT2D eigenvalue weighted by Gasteiger charge is -2.38. The lowest BCUT2D eigenvalue weighted by molar-refractivity contribution is -0.143. The minimum Gasteiger partial charge on any atom is -0.465 e. The molecule has 2 atom stereocenters. The molecule has 3 amide bonds. The lowest BCUT2D eigenvalue weighted by Crippen LogP contribution is -2.64. The number of primary amides is 1. The predicted octanol–water partition coefficient (Wildman–Crippen LogP) is 3.07. The molecule has 0 fully saturated rings. The van der Waals surface area contributed by atoms with Crippen molar-refractivity contribution in [3.63, 3.8) is 0 Å². The molecule has 9 nitrogen and oxygen atoms in total. The van der Waals surface area contributed by atoms with Gasteiger partial charge in [0.15, 0.2) is 0 Å². The molecule has 40 heavy (non-hydrogen) atoms. The van der Waals surface area contributed by atoms with Gasteiger partial charge in [-0.1, -0.05) is 55.8 Å². The van der Waals surface area contributed by atoms with E-state index in [0.29, 0.717) is 11.4 Å². The monoisotopic (exact) mass is 566 g/mol. The molecule has 10 heteroatoms. The Morgan fingerprint density at radius 1 is 1.10 bits per heavy atom. The minimum atomic E-state index is -1.34. The van der Waals surface area contributed by atoms with Crippen LogP contribution in [-0.4, -0.2) is 46.4 Å². The number of hydrogen-bond acceptors (Lipinski definition) is 5. The number of carbonyl (C=O) groups is 4. The SMILES string of the molecule is CCOC(=O)Cn1c2c(c3ccccc31)C[C@@](NC(=O)Cc1ccc(Cl)cc1)(C(=O)N[C@H](C(N)=O)C(C)C)CC2. The highest BCUT2D eigenvalue weighted by Crippen LogP contribution is 2.37. The summed E-state index contributed by atoms with van der Waals surface area (Å²) in [7, 11) is 0. The number of nitrogens with one attached hydrogen (secondary N) is 2. The van der Waals surface area contributed by atoms with Crippen LogP contribution in [0.2, 0.25) is 5.02 Å². The molecule has 2 aromatic carbocycles. The highest BCUT2D eigenvalue weighted by Gasteiger charge is 2.45. The van der Waals surface area contributed by atoms with Crippen molar-refractivity contribution in [2.75, 3.05) is 6.61 Å². The van der Waals surface area contributed by atoms with Crippen molar-refractivity contribution in [3.05, 3.63) is 70.4 Å². The number of nitrogens with two attached hydrogens (primary N) is 1. The van der Waals surface area contributed by atoms with E-state index in [1.165, 1.54) is 0 Å². The van der Waals surface area contributed by atoms with Gasteiger partial charge in [-0.15, -0.1) is 0 Å². The highest BCUT2D eigenvalue weighted by molar-refractivity contribution is 6.30. The average molecular weight is 567 g/mol. The third kappa shape index (κ3) is 6.14. The molecule has 212 valence electrons. The van der Waals surface area contributed by atoms with Crippen LogP contribution in [0.25, 0.3) is 10.9 Å². The molecule has 0 spiro atoms. The smallest absolute Gasteiger partial charge is 0.325 e. The number of esters is 1. The average Bonchev–Trinajstić information content (AvgIpc) is 3.20. The first kappa shape index (κ1) is 29.1. The molecule has 0 bridgehead atoms. The highest BCUT2D eigenvalue weighted by atomic mass is 35.5. The molecule has 0 saturated heterocycles. The van der Waals surface area contributed by atoms with Gasteiger partial charge in [0.2, 0.25) is 17.7 Å². The molecule has 1 aromatic heterocycles. The number of fused-ring (bicyclic) bond motifs is 3. The number of hydrogen-bond donors (Lipinski definition) is 3. The van der Waals surface area contributed by atoms with Crippen molar-refractivity contribution < 1.29 is 23.9 Å². The van der Waals surface area contributed by atoms with Gasteiger partial charge < -0.3 is 25.7 Å². The Bertz CT molecular complexity index is 1430. The molecular weight excluding hydrogens is 532 g/mol. The van der Waals surface area contributed by atoms with Crippen LogP contribution >= 0.6 is 11.6 Å². The second-order valence-corrected chi connectivity index (χ2v) is 11.0. The largest absolute Gasteiger partial charge is 0.465 e. The zero-order chi connectivity index (χ0) is 29.0. The number of benzene rings is 2. The van der Waals surface area contributed by atoms with Crippen LogP contribution in [0.1, 0.15) is 44.0 Å². The summed E-state index contributed by atoms with van der Waals surface area (Å²) in [5.41, 5.74) is 7.65. The summed E-state index contributed by atoms with van der Waals surface area (Å²) in [5, 5.41) is 7.28. The van der Waals surface area contributed by atoms with Crippen LogP contribution in [0.5, 0.6) is 0 Å². The molecule has 1 aliphatic carbocycles. The third-order valence-electron chi connectivity index (χ3n) is 7.40. The molecule has 1 aliphatic rings. The van der Waals surface area contributed by atoms with Crippen LogP contribution in [0.3, 0.4) is 0 Å². The molecule has 0 saturated carbocycles. The van der Waals surface area contributed by atoms with Crippen molar-refractivity contribution >= 4 is 46.2 Å². The van der Waals surface area contributed by atoms with Crippen molar-refractivity contribution in [2.24, 2.45) is 11.7 Å². The van der Waals surface area contributed by atoms with Crippen LogP contribution in [0.15, 0.2) is 48.5 Å². The maximum Gasteiger partial charge on any atom is 0.325 e. The van der Waals surface area contributed by atoms with Crippen LogP contribution in [0, 0.1) is 5.92 Å². The van der Waals surface area contributed by atoms with E-state index >= 15 is 0 Å². The molecular formula is C30H35ClN4O5. The van der Waals surface area contributed by atoms with E-state index in [1.807, 2.05) is 28.8 Å². The Balaban J connectivity index is 1.73. The fourth-order valence-electron chi connectivity index (χ4n) is 5.45. The molecule has 0 aliphatic heterocycles. The normalized spacial score (nSPS) is 17.2. The van der Waals surface area contributed by atoms with Crippen molar-refractivity contribution in [1.82, 2.24) is 15.2 Å². The Kier molecular flexibility index (Phi) is 8.83. The maximum absolute atomic E-state index is 14.0. The first-order chi connectivity index (χ1) is 19.0. The Morgan fingerprint density at radius 3 is 2.45 bits per heavy atom. The summed E-state index contributed by atoms with van der Waals surface area (Å²) in [5.74, 6) is -2.04. The van der Waals surface area contributed by atoms with E-state index in [4.69, 9.17) is 22.1 Å². The van der Waals surface area contributed by atoms with E-state index in [1.54, 1.807) is 45.0 Å². The van der Waals surface area contributed by atoms with Crippen LogP contribution < -0.4 is 16.4 Å². The number of ether oxygens (including phenoxy) is 1. The summed E-state index contributed by atoms with van der Waals surface area (Å²) < 4.78 is 7.14. The molecule has 3 aromatic rings. The number of nitrogens with zero attached hydrogens (tertiary/aromatic N) is 1. The summed E-state index contributed by atoms with van der Waals surface area (Å²) in [4.78, 5) is 51.9. The summed E-state index contributed by atoms with van der Waals surface area (Å²) in [6.07, 6.45) is 0.912. The Hall–Kier alpha value is -3.85. The third-order valence-corrected chi connectivity index (χ3v) is 7.66. The Morgan fingerprint density at radius 2 is 1.80 bits per heavy atom. The van der Waals surface area contributed by atoms with Gasteiger partial charge in [-0.2, -0.15) is 0 Å². The summed E-state index contributed by atoms with van der Waals surface area (Å²) in [6, 6.07) is 13.7. The molecule has 1 heterocycles. The fourth-order valence-corrected chi connectivity index (χ4v) is 5.58. The predicted molar refractivity (Wildman–Crippen MR) is 153 cm³/mol. The number of aromatic nitrogens is 1. The number of halogens is 1. The summed E-state index contributed by atoms with van der Waals surface area (Å²) in [6.45, 7) is 5.67. The second kappa shape index (κ2) is 12.1. The molecule has 0 radical (unpaired) electrons. The van der Waals surface area contributed by atoms with Gasteiger partial charge in [0.05, 0.1) is 13.0 Å². The van der Waals surface area contributed by atoms with Gasteiger partial charge in [-0.3, -0.25) is 19.2 Å². The topological polar surface area (TPSA) is 133 Å². The standard InChI is InChI=1S/C30H35ClN4O5/c1-4-40-26(37)17-35-23-8-6-5-7-21(23)22-16-30(14-13-24(22)35,29(39)33-27(18(2)3)28(32)38)34-25(36)15-19-9-11-20(31)12-10-19/h5-12,18,27H,4,13-17H2,1-3H3,(H2,32,38)(H,33,39)(H,34,36)/t27-,30+/m0/s1. The van der Waals surface area contributed by atoms with E-state index in [0.717, 1.165) is 27.7 Å². The molecule has 4 N–H and O–H groups in total. The zero-order valence-corrected chi connectivity index (χ0v) is 23.7. The van der Waals surface area contributed by atoms with Crippen LogP contribution in [-0.2, 0) is 49.7 Å². The van der Waals surface area contributed by atoms with Crippen molar-refractivity contribution in [2.45, 2.75) is 64.6 Å². The first-order valence-electron chi connectivity index (χ1n) is 13.4. The maximum atomic E-state index is 14.0. The first-order valence-corrected chi connectivity index (χ1v) is 13.8. The van der Waals surface area contributed by atoms with E-state index in [9.17, 15) is 19.2 Å². The second-order valence-electron chi connectivity index (χ2n) is 10.5. The number of carbonyl (C=O) groups excluding carboxylic acids is 4. The Labute approximate surface area is 238 Å². The lowest BCUT2D eigenvalue weighted by atomic mass is 9.78. The van der Waals surface area contributed by atoms with Gasteiger partial charge in [0.25, 0.3) is 0 Å². The van der Waals surface area contributed by atoms with Gasteiger partial charge in [-0.25, -0.2) is 0 Å². The molecule has 4 rings (SSSR count). The van der Waals surface area contributed by atoms with E-state index in [2.05, 4.69) is 10.6 Å². The van der Waals surface area contributed by atoms with Gasteiger partial charge in [-0.05, 0) is 55.0 Å². The van der Waals surface area contributed by atoms with Gasteiger partial charge >= 0.3 is 5.97 Å². The van der Waals surface area contributed by atoms with Crippen molar-refractivity contribution in [3.8, 4) is 0 Å². The minimum absolute atomic E-state index is 0.0446. The number of para-hydroxylation sites is 1. The zero-order valence-electron chi connectivity index (χ0n) is 23.0. The van der Waals surface area contributed by atoms with E-state index < -0.39 is 23.4 Å². The fraction of sp³-hybridized carbons (Fsp3) is 0.400. The van der Waals surface area contributed by atoms with Gasteiger partial charge in [0.1, 0.15) is 18.1 Å². The quantitative estimate of drug-likeness (QED) is 0.324. The van der Waals surface area contributed by atoms with E-state index in [-0.39, 0.29) is 50.2 Å². The van der Waals surface area contributed by atoms with Gasteiger partial charge in [0, 0.05) is 28.0 Å². The van der Waals surface area contributed by atoms with Crippen LogP contribution in [0.4, 0.5) is 0 Å². The number of amides is 3. The summed E-state index contributed by atoms with van der Waals surface area (Å²) >= 11 is 5.99. The van der Waals surface area contributed by atoms with Crippen molar-refractivity contribution in [1.29, 1.82) is 0 Å².